The Kier molecular flexibility index (Phi) is 2.80. The SMILES string of the molecule is COC(=O)CCC1=COC(C)(C)N1. The van der Waals surface area contributed by atoms with Gasteiger partial charge in [0.05, 0.1) is 13.5 Å². The van der Waals surface area contributed by atoms with Crippen LogP contribution in [-0.2, 0) is 14.3 Å². The average Bonchev–Trinajstić information content (AvgIpc) is 2.41. The molecular formula is C9H15NO3. The van der Waals surface area contributed by atoms with E-state index in [1.807, 2.05) is 13.8 Å². The zero-order valence-corrected chi connectivity index (χ0v) is 8.22. The highest BCUT2D eigenvalue weighted by molar-refractivity contribution is 5.69. The van der Waals surface area contributed by atoms with E-state index in [2.05, 4.69) is 10.1 Å². The van der Waals surface area contributed by atoms with Crippen LogP contribution in [0.5, 0.6) is 0 Å². The van der Waals surface area contributed by atoms with Gasteiger partial charge in [-0.1, -0.05) is 0 Å². The van der Waals surface area contributed by atoms with Crippen LogP contribution in [0.15, 0.2) is 12.0 Å². The Morgan fingerprint density at radius 2 is 2.38 bits per heavy atom. The number of hydrogen-bond acceptors (Lipinski definition) is 4. The Morgan fingerprint density at radius 1 is 1.69 bits per heavy atom. The first-order chi connectivity index (χ1) is 6.03. The number of esters is 1. The minimum Gasteiger partial charge on any atom is -0.475 e. The first-order valence-corrected chi connectivity index (χ1v) is 4.25. The van der Waals surface area contributed by atoms with Crippen LogP contribution >= 0.6 is 0 Å². The van der Waals surface area contributed by atoms with E-state index in [-0.39, 0.29) is 11.7 Å². The largest absolute Gasteiger partial charge is 0.475 e. The van der Waals surface area contributed by atoms with Crippen LogP contribution in [0, 0.1) is 0 Å². The molecule has 1 aliphatic heterocycles. The summed E-state index contributed by atoms with van der Waals surface area (Å²) in [5, 5.41) is 3.14. The van der Waals surface area contributed by atoms with Crippen LogP contribution in [0.25, 0.3) is 0 Å². The van der Waals surface area contributed by atoms with Crippen molar-refractivity contribution in [2.45, 2.75) is 32.4 Å². The number of rotatable bonds is 3. The smallest absolute Gasteiger partial charge is 0.305 e. The summed E-state index contributed by atoms with van der Waals surface area (Å²) in [5.41, 5.74) is 0.598. The predicted molar refractivity (Wildman–Crippen MR) is 47.6 cm³/mol. The molecule has 0 saturated carbocycles. The van der Waals surface area contributed by atoms with Gasteiger partial charge in [0.2, 0.25) is 0 Å². The molecule has 4 nitrogen and oxygen atoms in total. The Bertz CT molecular complexity index is 233. The molecule has 0 fully saturated rings. The highest BCUT2D eigenvalue weighted by atomic mass is 16.5. The van der Waals surface area contributed by atoms with Crippen molar-refractivity contribution in [2.75, 3.05) is 7.11 Å². The Balaban J connectivity index is 2.29. The molecule has 0 saturated heterocycles. The second kappa shape index (κ2) is 3.68. The third kappa shape index (κ3) is 2.97. The van der Waals surface area contributed by atoms with Crippen LogP contribution in [0.3, 0.4) is 0 Å². The Hall–Kier alpha value is -1.19. The zero-order chi connectivity index (χ0) is 9.90. The lowest BCUT2D eigenvalue weighted by Crippen LogP contribution is -2.34. The lowest BCUT2D eigenvalue weighted by atomic mass is 10.2. The maximum atomic E-state index is 10.8. The number of ether oxygens (including phenoxy) is 2. The average molecular weight is 185 g/mol. The van der Waals surface area contributed by atoms with Gasteiger partial charge in [-0.3, -0.25) is 4.79 Å². The van der Waals surface area contributed by atoms with E-state index in [1.165, 1.54) is 7.11 Å². The summed E-state index contributed by atoms with van der Waals surface area (Å²) in [7, 11) is 1.39. The maximum Gasteiger partial charge on any atom is 0.305 e. The lowest BCUT2D eigenvalue weighted by Gasteiger charge is -2.19. The lowest BCUT2D eigenvalue weighted by molar-refractivity contribution is -0.140. The van der Waals surface area contributed by atoms with Crippen LogP contribution in [0.2, 0.25) is 0 Å². The van der Waals surface area contributed by atoms with Gasteiger partial charge in [-0.2, -0.15) is 0 Å². The summed E-state index contributed by atoms with van der Waals surface area (Å²) >= 11 is 0. The minimum atomic E-state index is -0.342. The summed E-state index contributed by atoms with van der Waals surface area (Å²) in [6.07, 6.45) is 2.67. The van der Waals surface area contributed by atoms with Crippen molar-refractivity contribution in [3.8, 4) is 0 Å². The standard InChI is InChI=1S/C9H15NO3/c1-9(2)10-7(6-13-9)4-5-8(11)12-3/h6,10H,4-5H2,1-3H3. The van der Waals surface area contributed by atoms with Crippen molar-refractivity contribution in [1.82, 2.24) is 5.32 Å². The molecule has 1 aliphatic rings. The van der Waals surface area contributed by atoms with Crippen molar-refractivity contribution in [3.63, 3.8) is 0 Å². The van der Waals surface area contributed by atoms with Gasteiger partial charge in [0.15, 0.2) is 5.72 Å². The number of carbonyl (C=O) groups excluding carboxylic acids is 1. The normalized spacial score (nSPS) is 18.5. The molecule has 0 aromatic rings. The molecule has 74 valence electrons. The second-order valence-corrected chi connectivity index (χ2v) is 3.47. The number of methoxy groups -OCH3 is 1. The molecule has 0 aromatic heterocycles. The molecule has 1 rings (SSSR count). The van der Waals surface area contributed by atoms with Gasteiger partial charge < -0.3 is 14.8 Å². The minimum absolute atomic E-state index is 0.201. The molecule has 4 heteroatoms. The summed E-state index contributed by atoms with van der Waals surface area (Å²) in [5.74, 6) is -0.201. The third-order valence-electron chi connectivity index (χ3n) is 1.78. The van der Waals surface area contributed by atoms with Gasteiger partial charge in [0.25, 0.3) is 0 Å². The van der Waals surface area contributed by atoms with Crippen molar-refractivity contribution < 1.29 is 14.3 Å². The van der Waals surface area contributed by atoms with Crippen molar-refractivity contribution >= 4 is 5.97 Å². The molecule has 0 aliphatic carbocycles. The first-order valence-electron chi connectivity index (χ1n) is 4.25. The molecule has 0 amide bonds. The first kappa shape index (κ1) is 9.89. The topological polar surface area (TPSA) is 47.6 Å². The number of carbonyl (C=O) groups is 1. The van der Waals surface area contributed by atoms with E-state index in [1.54, 1.807) is 6.26 Å². The predicted octanol–water partition coefficient (Wildman–Crippen LogP) is 1.14. The molecule has 0 unspecified atom stereocenters. The molecule has 1 heterocycles. The Labute approximate surface area is 77.9 Å². The third-order valence-corrected chi connectivity index (χ3v) is 1.78. The van der Waals surface area contributed by atoms with Crippen LogP contribution in [0.1, 0.15) is 26.7 Å². The fourth-order valence-corrected chi connectivity index (χ4v) is 1.12. The second-order valence-electron chi connectivity index (χ2n) is 3.47. The highest BCUT2D eigenvalue weighted by Gasteiger charge is 2.24. The van der Waals surface area contributed by atoms with Crippen LogP contribution in [-0.4, -0.2) is 18.8 Å². The Morgan fingerprint density at radius 3 is 2.85 bits per heavy atom. The van der Waals surface area contributed by atoms with Crippen molar-refractivity contribution in [3.05, 3.63) is 12.0 Å². The van der Waals surface area contributed by atoms with E-state index in [4.69, 9.17) is 4.74 Å². The van der Waals surface area contributed by atoms with E-state index in [0.717, 1.165) is 5.70 Å². The van der Waals surface area contributed by atoms with Gasteiger partial charge >= 0.3 is 5.97 Å². The van der Waals surface area contributed by atoms with E-state index < -0.39 is 0 Å². The maximum absolute atomic E-state index is 10.8. The van der Waals surface area contributed by atoms with Gasteiger partial charge in [0, 0.05) is 12.1 Å². The fourth-order valence-electron chi connectivity index (χ4n) is 1.12. The molecule has 0 aromatic carbocycles. The highest BCUT2D eigenvalue weighted by Crippen LogP contribution is 2.19. The molecule has 0 radical (unpaired) electrons. The van der Waals surface area contributed by atoms with E-state index in [9.17, 15) is 4.79 Å². The molecule has 1 N–H and O–H groups in total. The quantitative estimate of drug-likeness (QED) is 0.670. The van der Waals surface area contributed by atoms with Gasteiger partial charge in [0.1, 0.15) is 6.26 Å². The van der Waals surface area contributed by atoms with E-state index in [0.29, 0.717) is 12.8 Å². The molecule has 0 bridgehead atoms. The van der Waals surface area contributed by atoms with Crippen molar-refractivity contribution in [2.24, 2.45) is 0 Å². The van der Waals surface area contributed by atoms with Crippen LogP contribution < -0.4 is 5.32 Å². The monoisotopic (exact) mass is 185 g/mol. The van der Waals surface area contributed by atoms with Gasteiger partial charge in [-0.05, 0) is 13.8 Å². The summed E-state index contributed by atoms with van der Waals surface area (Å²) in [6.45, 7) is 3.85. The van der Waals surface area contributed by atoms with Gasteiger partial charge in [-0.15, -0.1) is 0 Å². The summed E-state index contributed by atoms with van der Waals surface area (Å²) < 4.78 is 9.82. The molecule has 13 heavy (non-hydrogen) atoms. The molecule has 0 atom stereocenters. The number of nitrogens with one attached hydrogen (secondary N) is 1. The summed E-state index contributed by atoms with van der Waals surface area (Å²) in [4.78, 5) is 10.8. The summed E-state index contributed by atoms with van der Waals surface area (Å²) in [6, 6.07) is 0. The van der Waals surface area contributed by atoms with Gasteiger partial charge in [-0.25, -0.2) is 0 Å². The molecule has 0 spiro atoms. The fraction of sp³-hybridized carbons (Fsp3) is 0.667. The molecular weight excluding hydrogens is 170 g/mol. The van der Waals surface area contributed by atoms with Crippen LogP contribution in [0.4, 0.5) is 0 Å². The zero-order valence-electron chi connectivity index (χ0n) is 8.22. The van der Waals surface area contributed by atoms with E-state index >= 15 is 0 Å². The number of allylic oxidation sites excluding steroid dienone is 1. The van der Waals surface area contributed by atoms with Crippen molar-refractivity contribution in [1.29, 1.82) is 0 Å². The number of hydrogen-bond donors (Lipinski definition) is 1.